The number of carboxylic acids is 2. The largest absolute Gasteiger partial charge is 0.481 e. The Balaban J connectivity index is 2.51. The molecule has 0 saturated heterocycles. The zero-order valence-electron chi connectivity index (χ0n) is 16.6. The molecule has 170 valence electrons. The van der Waals surface area contributed by atoms with Crippen molar-refractivity contribution in [2.24, 2.45) is 5.73 Å². The summed E-state index contributed by atoms with van der Waals surface area (Å²) >= 11 is 0. The molecule has 31 heavy (non-hydrogen) atoms. The molecule has 12 nitrogen and oxygen atoms in total. The summed E-state index contributed by atoms with van der Waals surface area (Å²) in [7, 11) is 0. The molecule has 0 aliphatic heterocycles. The Hall–Kier alpha value is -3.51. The maximum absolute atomic E-state index is 12.1. The Morgan fingerprint density at radius 3 is 2.13 bits per heavy atom. The van der Waals surface area contributed by atoms with Gasteiger partial charge in [-0.25, -0.2) is 4.79 Å². The van der Waals surface area contributed by atoms with Crippen LogP contribution in [0, 0.1) is 0 Å². The zero-order chi connectivity index (χ0) is 23.4. The lowest BCUT2D eigenvalue weighted by Crippen LogP contribution is -2.55. The number of aliphatic hydroxyl groups excluding tert-OH is 1. The van der Waals surface area contributed by atoms with Gasteiger partial charge >= 0.3 is 11.9 Å². The third kappa shape index (κ3) is 9.69. The van der Waals surface area contributed by atoms with Crippen LogP contribution < -0.4 is 21.7 Å². The minimum Gasteiger partial charge on any atom is -0.481 e. The summed E-state index contributed by atoms with van der Waals surface area (Å²) in [6.45, 7) is -1.36. The van der Waals surface area contributed by atoms with Crippen molar-refractivity contribution in [2.45, 2.75) is 37.4 Å². The number of rotatable bonds is 13. The molecule has 0 saturated carbocycles. The first-order chi connectivity index (χ1) is 14.6. The highest BCUT2D eigenvalue weighted by molar-refractivity contribution is 5.92. The highest BCUT2D eigenvalue weighted by atomic mass is 16.4. The van der Waals surface area contributed by atoms with Gasteiger partial charge in [0.05, 0.1) is 19.2 Å². The SMILES string of the molecule is NC(Cc1ccccc1)C(=O)NCC(=O)NC(CO)C(=O)NC(CCC(=O)O)C(=O)O. The second kappa shape index (κ2) is 12.9. The predicted molar refractivity (Wildman–Crippen MR) is 107 cm³/mol. The van der Waals surface area contributed by atoms with Gasteiger partial charge in [0.15, 0.2) is 0 Å². The fourth-order valence-corrected chi connectivity index (χ4v) is 2.50. The van der Waals surface area contributed by atoms with Gasteiger partial charge in [0.2, 0.25) is 17.7 Å². The molecule has 0 spiro atoms. The number of carboxylic acid groups (broad SMARTS) is 2. The Morgan fingerprint density at radius 1 is 0.935 bits per heavy atom. The maximum atomic E-state index is 12.1. The van der Waals surface area contributed by atoms with E-state index in [-0.39, 0.29) is 12.8 Å². The van der Waals surface area contributed by atoms with E-state index in [1.807, 2.05) is 6.07 Å². The van der Waals surface area contributed by atoms with Crippen molar-refractivity contribution in [3.8, 4) is 0 Å². The Bertz CT molecular complexity index is 786. The summed E-state index contributed by atoms with van der Waals surface area (Å²) in [5.41, 5.74) is 6.63. The lowest BCUT2D eigenvalue weighted by molar-refractivity contribution is -0.143. The number of hydrogen-bond donors (Lipinski definition) is 7. The van der Waals surface area contributed by atoms with Crippen LogP contribution in [0.5, 0.6) is 0 Å². The fraction of sp³-hybridized carbons (Fsp3) is 0.421. The van der Waals surface area contributed by atoms with Crippen molar-refractivity contribution in [3.63, 3.8) is 0 Å². The molecule has 3 amide bonds. The maximum Gasteiger partial charge on any atom is 0.326 e. The molecule has 3 unspecified atom stereocenters. The van der Waals surface area contributed by atoms with Crippen molar-refractivity contribution in [1.29, 1.82) is 0 Å². The van der Waals surface area contributed by atoms with E-state index in [4.69, 9.17) is 15.9 Å². The summed E-state index contributed by atoms with van der Waals surface area (Å²) in [4.78, 5) is 57.8. The molecule has 0 aliphatic carbocycles. The average Bonchev–Trinajstić information content (AvgIpc) is 2.73. The van der Waals surface area contributed by atoms with E-state index < -0.39 is 67.4 Å². The van der Waals surface area contributed by atoms with Crippen molar-refractivity contribution in [2.75, 3.05) is 13.2 Å². The highest BCUT2D eigenvalue weighted by Crippen LogP contribution is 2.02. The van der Waals surface area contributed by atoms with Crippen molar-refractivity contribution in [1.82, 2.24) is 16.0 Å². The van der Waals surface area contributed by atoms with E-state index in [0.29, 0.717) is 0 Å². The van der Waals surface area contributed by atoms with Crippen LogP contribution in [-0.4, -0.2) is 76.3 Å². The van der Waals surface area contributed by atoms with Crippen molar-refractivity contribution < 1.29 is 39.3 Å². The molecule has 0 aliphatic rings. The average molecular weight is 438 g/mol. The molecule has 12 heteroatoms. The third-order valence-corrected chi connectivity index (χ3v) is 4.15. The first kappa shape index (κ1) is 25.5. The minimum atomic E-state index is -1.51. The van der Waals surface area contributed by atoms with Gasteiger partial charge in [-0.3, -0.25) is 19.2 Å². The lowest BCUT2D eigenvalue weighted by atomic mass is 10.1. The van der Waals surface area contributed by atoms with E-state index in [0.717, 1.165) is 5.56 Å². The molecule has 1 aromatic rings. The molecule has 1 aromatic carbocycles. The topological polar surface area (TPSA) is 208 Å². The van der Waals surface area contributed by atoms with Gasteiger partial charge < -0.3 is 37.0 Å². The first-order valence-electron chi connectivity index (χ1n) is 9.36. The monoisotopic (exact) mass is 438 g/mol. The van der Waals surface area contributed by atoms with E-state index >= 15 is 0 Å². The molecule has 3 atom stereocenters. The minimum absolute atomic E-state index is 0.253. The van der Waals surface area contributed by atoms with Gasteiger partial charge in [-0.15, -0.1) is 0 Å². The van der Waals surface area contributed by atoms with Crippen LogP contribution in [-0.2, 0) is 30.4 Å². The van der Waals surface area contributed by atoms with Crippen molar-refractivity contribution >= 4 is 29.7 Å². The van der Waals surface area contributed by atoms with Gasteiger partial charge in [-0.05, 0) is 18.4 Å². The van der Waals surface area contributed by atoms with Gasteiger partial charge in [0.1, 0.15) is 12.1 Å². The Morgan fingerprint density at radius 2 is 1.58 bits per heavy atom. The predicted octanol–water partition coefficient (Wildman–Crippen LogP) is -2.42. The first-order valence-corrected chi connectivity index (χ1v) is 9.36. The van der Waals surface area contributed by atoms with Crippen molar-refractivity contribution in [3.05, 3.63) is 35.9 Å². The Kier molecular flexibility index (Phi) is 10.6. The summed E-state index contributed by atoms with van der Waals surface area (Å²) in [5, 5.41) is 33.5. The number of nitrogens with one attached hydrogen (secondary N) is 3. The zero-order valence-corrected chi connectivity index (χ0v) is 16.6. The number of carbonyl (C=O) groups excluding carboxylic acids is 3. The number of nitrogens with two attached hydrogens (primary N) is 1. The quantitative estimate of drug-likeness (QED) is 0.175. The highest BCUT2D eigenvalue weighted by Gasteiger charge is 2.26. The number of amides is 3. The summed E-state index contributed by atoms with van der Waals surface area (Å²) < 4.78 is 0. The number of aliphatic hydroxyl groups is 1. The lowest BCUT2D eigenvalue weighted by Gasteiger charge is -2.20. The van der Waals surface area contributed by atoms with Crippen LogP contribution in [0.3, 0.4) is 0 Å². The molecular formula is C19H26N4O8. The molecule has 8 N–H and O–H groups in total. The van der Waals surface area contributed by atoms with Crippen LogP contribution in [0.1, 0.15) is 18.4 Å². The summed E-state index contributed by atoms with van der Waals surface area (Å²) in [6.07, 6.45) is -0.622. The normalized spacial score (nSPS) is 13.4. The van der Waals surface area contributed by atoms with Crippen LogP contribution in [0.15, 0.2) is 30.3 Å². The van der Waals surface area contributed by atoms with Crippen LogP contribution in [0.2, 0.25) is 0 Å². The molecular weight excluding hydrogens is 412 g/mol. The van der Waals surface area contributed by atoms with E-state index in [2.05, 4.69) is 16.0 Å². The second-order valence-corrected chi connectivity index (χ2v) is 6.65. The van der Waals surface area contributed by atoms with Crippen LogP contribution in [0.25, 0.3) is 0 Å². The van der Waals surface area contributed by atoms with Crippen LogP contribution in [0.4, 0.5) is 0 Å². The molecule has 0 radical (unpaired) electrons. The molecule has 1 rings (SSSR count). The molecule has 0 aromatic heterocycles. The van der Waals surface area contributed by atoms with Crippen LogP contribution >= 0.6 is 0 Å². The van der Waals surface area contributed by atoms with Gasteiger partial charge in [-0.1, -0.05) is 30.3 Å². The van der Waals surface area contributed by atoms with E-state index in [9.17, 15) is 29.1 Å². The van der Waals surface area contributed by atoms with Gasteiger partial charge in [-0.2, -0.15) is 0 Å². The van der Waals surface area contributed by atoms with Gasteiger partial charge in [0.25, 0.3) is 0 Å². The van der Waals surface area contributed by atoms with Gasteiger partial charge in [0, 0.05) is 6.42 Å². The number of hydrogen-bond acceptors (Lipinski definition) is 7. The standard InChI is InChI=1S/C19H26N4O8/c20-12(8-11-4-2-1-3-5-11)17(28)21-9-15(25)22-14(10-24)18(29)23-13(19(30)31)6-7-16(26)27/h1-5,12-14,24H,6-10,20H2,(H,21,28)(H,22,25)(H,23,29)(H,26,27)(H,30,31). The number of aliphatic carboxylic acids is 2. The molecule has 0 fully saturated rings. The number of benzene rings is 1. The molecule has 0 heterocycles. The number of carbonyl (C=O) groups is 5. The van der Waals surface area contributed by atoms with E-state index in [1.165, 1.54) is 0 Å². The van der Waals surface area contributed by atoms with E-state index in [1.54, 1.807) is 24.3 Å². The third-order valence-electron chi connectivity index (χ3n) is 4.15. The summed E-state index contributed by atoms with van der Waals surface area (Å²) in [5.74, 6) is -5.12. The second-order valence-electron chi connectivity index (χ2n) is 6.65. The smallest absolute Gasteiger partial charge is 0.326 e. The molecule has 0 bridgehead atoms. The fourth-order valence-electron chi connectivity index (χ4n) is 2.50. The Labute approximate surface area is 177 Å². The summed E-state index contributed by atoms with van der Waals surface area (Å²) in [6, 6.07) is 5.10.